The molecule has 0 aliphatic heterocycles. The molecular formula is C19H21FN2O5S. The van der Waals surface area contributed by atoms with E-state index >= 15 is 0 Å². The van der Waals surface area contributed by atoms with Crippen LogP contribution in [-0.4, -0.2) is 39.2 Å². The molecule has 0 spiro atoms. The molecule has 7 nitrogen and oxygen atoms in total. The molecule has 9 heteroatoms. The summed E-state index contributed by atoms with van der Waals surface area (Å²) in [7, 11) is -3.97. The molecule has 0 saturated heterocycles. The average Bonchev–Trinajstić information content (AvgIpc) is 2.63. The quantitative estimate of drug-likeness (QED) is 0.711. The van der Waals surface area contributed by atoms with Crippen LogP contribution >= 0.6 is 0 Å². The van der Waals surface area contributed by atoms with E-state index in [0.717, 1.165) is 12.3 Å². The number of ether oxygens (including phenoxy) is 1. The summed E-state index contributed by atoms with van der Waals surface area (Å²) in [6, 6.07) is 10.2. The van der Waals surface area contributed by atoms with Gasteiger partial charge in [0.1, 0.15) is 11.9 Å². The molecule has 0 fully saturated rings. The van der Waals surface area contributed by atoms with E-state index in [2.05, 4.69) is 5.32 Å². The van der Waals surface area contributed by atoms with Gasteiger partial charge in [0, 0.05) is 0 Å². The fraction of sp³-hybridized carbons (Fsp3) is 0.263. The number of benzene rings is 2. The predicted molar refractivity (Wildman–Crippen MR) is 104 cm³/mol. The molecule has 2 aromatic rings. The Balaban J connectivity index is 2.36. The number of anilines is 2. The molecule has 0 radical (unpaired) electrons. The van der Waals surface area contributed by atoms with E-state index in [1.807, 2.05) is 0 Å². The van der Waals surface area contributed by atoms with Gasteiger partial charge in [-0.1, -0.05) is 24.3 Å². The van der Waals surface area contributed by atoms with Crippen LogP contribution in [0.15, 0.2) is 48.5 Å². The second-order valence-electron chi connectivity index (χ2n) is 5.94. The molecule has 150 valence electrons. The molecule has 0 aliphatic carbocycles. The number of halogens is 1. The number of amides is 1. The molecular weight excluding hydrogens is 387 g/mol. The Morgan fingerprint density at radius 1 is 1.14 bits per heavy atom. The van der Waals surface area contributed by atoms with Crippen molar-refractivity contribution < 1.29 is 27.1 Å². The minimum absolute atomic E-state index is 0.127. The molecule has 28 heavy (non-hydrogen) atoms. The van der Waals surface area contributed by atoms with Gasteiger partial charge in [-0.3, -0.25) is 9.10 Å². The van der Waals surface area contributed by atoms with E-state index in [1.54, 1.807) is 19.1 Å². The maximum absolute atomic E-state index is 14.2. The number of esters is 1. The summed E-state index contributed by atoms with van der Waals surface area (Å²) in [6.45, 7) is 3.14. The van der Waals surface area contributed by atoms with Gasteiger partial charge < -0.3 is 10.1 Å². The van der Waals surface area contributed by atoms with Crippen molar-refractivity contribution >= 4 is 33.3 Å². The van der Waals surface area contributed by atoms with E-state index in [1.165, 1.54) is 37.3 Å². The topological polar surface area (TPSA) is 92.8 Å². The Morgan fingerprint density at radius 3 is 2.36 bits per heavy atom. The number of carbonyl (C=O) groups excluding carboxylic acids is 2. The summed E-state index contributed by atoms with van der Waals surface area (Å²) < 4.78 is 44.3. The van der Waals surface area contributed by atoms with Crippen molar-refractivity contribution in [2.24, 2.45) is 0 Å². The molecule has 0 unspecified atom stereocenters. The van der Waals surface area contributed by atoms with Crippen molar-refractivity contribution in [3.8, 4) is 0 Å². The Morgan fingerprint density at radius 2 is 1.75 bits per heavy atom. The predicted octanol–water partition coefficient (Wildman–Crippen LogP) is 2.80. The molecule has 0 heterocycles. The lowest BCUT2D eigenvalue weighted by Crippen LogP contribution is -2.45. The highest BCUT2D eigenvalue weighted by Crippen LogP contribution is 2.25. The van der Waals surface area contributed by atoms with Gasteiger partial charge in [0.15, 0.2) is 0 Å². The van der Waals surface area contributed by atoms with Crippen LogP contribution < -0.4 is 9.62 Å². The van der Waals surface area contributed by atoms with E-state index in [0.29, 0.717) is 4.31 Å². The van der Waals surface area contributed by atoms with E-state index in [4.69, 9.17) is 4.74 Å². The Bertz CT molecular complexity index is 978. The zero-order valence-corrected chi connectivity index (χ0v) is 16.5. The van der Waals surface area contributed by atoms with Gasteiger partial charge in [-0.25, -0.2) is 17.6 Å². The standard InChI is InChI=1S/C19H21FN2O5S/c1-4-27-19(24)14-9-5-7-11-16(14)21-18(23)13(2)22(28(3,25)26)17-12-8-6-10-15(17)20/h5-13H,4H2,1-3H3,(H,21,23)/t13-/m1/s1. The van der Waals surface area contributed by atoms with E-state index < -0.39 is 33.8 Å². The molecule has 0 aliphatic rings. The van der Waals surface area contributed by atoms with Crippen molar-refractivity contribution in [1.82, 2.24) is 0 Å². The molecule has 0 aromatic heterocycles. The monoisotopic (exact) mass is 408 g/mol. The first-order valence-corrected chi connectivity index (χ1v) is 10.3. The number of hydrogen-bond acceptors (Lipinski definition) is 5. The van der Waals surface area contributed by atoms with Gasteiger partial charge in [0.05, 0.1) is 29.8 Å². The van der Waals surface area contributed by atoms with Gasteiger partial charge >= 0.3 is 5.97 Å². The zero-order valence-electron chi connectivity index (χ0n) is 15.7. The maximum atomic E-state index is 14.2. The minimum atomic E-state index is -3.97. The van der Waals surface area contributed by atoms with Gasteiger partial charge in [0.2, 0.25) is 15.9 Å². The lowest BCUT2D eigenvalue weighted by atomic mass is 10.1. The second kappa shape index (κ2) is 8.83. The second-order valence-corrected chi connectivity index (χ2v) is 7.80. The smallest absolute Gasteiger partial charge is 0.340 e. The molecule has 2 rings (SSSR count). The number of carbonyl (C=O) groups is 2. The van der Waals surface area contributed by atoms with Gasteiger partial charge in [-0.2, -0.15) is 0 Å². The summed E-state index contributed by atoms with van der Waals surface area (Å²) in [5, 5.41) is 2.52. The first-order valence-electron chi connectivity index (χ1n) is 8.47. The molecule has 0 saturated carbocycles. The highest BCUT2D eigenvalue weighted by atomic mass is 32.2. The largest absolute Gasteiger partial charge is 0.462 e. The zero-order chi connectivity index (χ0) is 20.9. The van der Waals surface area contributed by atoms with Crippen molar-refractivity contribution in [3.63, 3.8) is 0 Å². The lowest BCUT2D eigenvalue weighted by Gasteiger charge is -2.28. The van der Waals surface area contributed by atoms with Gasteiger partial charge in [0.25, 0.3) is 0 Å². The minimum Gasteiger partial charge on any atom is -0.462 e. The van der Waals surface area contributed by atoms with Crippen molar-refractivity contribution in [2.75, 3.05) is 22.5 Å². The number of sulfonamides is 1. The summed E-state index contributed by atoms with van der Waals surface area (Å²) in [5.74, 6) is -2.13. The Hall–Kier alpha value is -2.94. The van der Waals surface area contributed by atoms with Crippen LogP contribution in [0.5, 0.6) is 0 Å². The number of hydrogen-bond donors (Lipinski definition) is 1. The van der Waals surface area contributed by atoms with E-state index in [9.17, 15) is 22.4 Å². The number of nitrogens with one attached hydrogen (secondary N) is 1. The first kappa shape index (κ1) is 21.4. The average molecular weight is 408 g/mol. The highest BCUT2D eigenvalue weighted by molar-refractivity contribution is 7.92. The third-order valence-corrected chi connectivity index (χ3v) is 5.09. The van der Waals surface area contributed by atoms with Gasteiger partial charge in [-0.15, -0.1) is 0 Å². The number of para-hydroxylation sites is 2. The number of nitrogens with zero attached hydrogens (tertiary/aromatic N) is 1. The summed E-state index contributed by atoms with van der Waals surface area (Å²) in [5.41, 5.74) is 0.0489. The summed E-state index contributed by atoms with van der Waals surface area (Å²) in [6.07, 6.45) is 0.885. The van der Waals surface area contributed by atoms with Crippen LogP contribution in [0.25, 0.3) is 0 Å². The SMILES string of the molecule is CCOC(=O)c1ccccc1NC(=O)[C@@H](C)N(c1ccccc1F)S(C)(=O)=O. The van der Waals surface area contributed by atoms with Crippen molar-refractivity contribution in [2.45, 2.75) is 19.9 Å². The fourth-order valence-electron chi connectivity index (χ4n) is 2.63. The fourth-order valence-corrected chi connectivity index (χ4v) is 3.80. The molecule has 1 N–H and O–H groups in total. The third kappa shape index (κ3) is 4.86. The van der Waals surface area contributed by atoms with Crippen LogP contribution in [0.3, 0.4) is 0 Å². The third-order valence-electron chi connectivity index (χ3n) is 3.86. The van der Waals surface area contributed by atoms with Crippen LogP contribution in [0.2, 0.25) is 0 Å². The van der Waals surface area contributed by atoms with Crippen LogP contribution in [0, 0.1) is 5.82 Å². The van der Waals surface area contributed by atoms with E-state index in [-0.39, 0.29) is 23.5 Å². The summed E-state index contributed by atoms with van der Waals surface area (Å²) in [4.78, 5) is 24.8. The Labute approximate surface area is 163 Å². The number of rotatable bonds is 7. The Kier molecular flexibility index (Phi) is 6.74. The highest BCUT2D eigenvalue weighted by Gasteiger charge is 2.31. The molecule has 0 bridgehead atoms. The normalized spacial score (nSPS) is 12.1. The van der Waals surface area contributed by atoms with Crippen molar-refractivity contribution in [1.29, 1.82) is 0 Å². The summed E-state index contributed by atoms with van der Waals surface area (Å²) >= 11 is 0. The van der Waals surface area contributed by atoms with Crippen LogP contribution in [0.1, 0.15) is 24.2 Å². The first-order chi connectivity index (χ1) is 13.2. The van der Waals surface area contributed by atoms with Crippen LogP contribution in [0.4, 0.5) is 15.8 Å². The van der Waals surface area contributed by atoms with Crippen molar-refractivity contribution in [3.05, 3.63) is 59.9 Å². The molecule has 1 atom stereocenters. The lowest BCUT2D eigenvalue weighted by molar-refractivity contribution is -0.116. The molecule has 1 amide bonds. The van der Waals surface area contributed by atoms with Crippen LogP contribution in [-0.2, 0) is 19.6 Å². The molecule has 2 aromatic carbocycles. The van der Waals surface area contributed by atoms with Gasteiger partial charge in [-0.05, 0) is 38.1 Å². The maximum Gasteiger partial charge on any atom is 0.340 e.